The van der Waals surface area contributed by atoms with Gasteiger partial charge in [-0.25, -0.2) is 0 Å². The molecule has 0 saturated heterocycles. The van der Waals surface area contributed by atoms with Crippen LogP contribution in [0.4, 0.5) is 5.69 Å². The Labute approximate surface area is 138 Å². The fourth-order valence-electron chi connectivity index (χ4n) is 1.76. The minimum absolute atomic E-state index is 0.694. The molecular formula is C17H13ClN2OS. The second-order valence-corrected chi connectivity index (χ2v) is 5.96. The number of para-hydroxylation sites is 1. The maximum Gasteiger partial charge on any atom is 0.165 e. The van der Waals surface area contributed by atoms with Crippen LogP contribution in [0.5, 0.6) is 0 Å². The summed E-state index contributed by atoms with van der Waals surface area (Å²) in [5, 5.41) is 5.68. The average Bonchev–Trinajstić information content (AvgIpc) is 2.98. The zero-order valence-corrected chi connectivity index (χ0v) is 13.1. The van der Waals surface area contributed by atoms with Gasteiger partial charge in [0.2, 0.25) is 0 Å². The Balaban J connectivity index is 1.60. The van der Waals surface area contributed by atoms with E-state index in [1.807, 2.05) is 66.7 Å². The van der Waals surface area contributed by atoms with Crippen molar-refractivity contribution in [2.75, 3.05) is 5.43 Å². The molecule has 1 heterocycles. The lowest BCUT2D eigenvalue weighted by Gasteiger charge is -1.98. The maximum atomic E-state index is 5.87. The van der Waals surface area contributed by atoms with Gasteiger partial charge in [-0.15, -0.1) is 0 Å². The Morgan fingerprint density at radius 1 is 0.955 bits per heavy atom. The van der Waals surface area contributed by atoms with Crippen molar-refractivity contribution in [3.63, 3.8) is 0 Å². The molecular weight excluding hydrogens is 316 g/mol. The van der Waals surface area contributed by atoms with Crippen LogP contribution >= 0.6 is 23.4 Å². The molecule has 3 aromatic rings. The molecule has 0 fully saturated rings. The van der Waals surface area contributed by atoms with Crippen molar-refractivity contribution in [1.82, 2.24) is 0 Å². The van der Waals surface area contributed by atoms with Crippen LogP contribution in [0, 0.1) is 0 Å². The first-order valence-corrected chi connectivity index (χ1v) is 7.86. The minimum Gasteiger partial charge on any atom is -0.448 e. The molecule has 3 nitrogen and oxygen atoms in total. The van der Waals surface area contributed by atoms with Crippen molar-refractivity contribution in [2.45, 2.75) is 9.99 Å². The summed E-state index contributed by atoms with van der Waals surface area (Å²) in [6.45, 7) is 0. The van der Waals surface area contributed by atoms with Gasteiger partial charge in [0.1, 0.15) is 5.76 Å². The number of furan rings is 1. The molecule has 0 amide bonds. The molecule has 0 atom stereocenters. The average molecular weight is 329 g/mol. The van der Waals surface area contributed by atoms with Crippen molar-refractivity contribution < 1.29 is 4.42 Å². The highest BCUT2D eigenvalue weighted by atomic mass is 35.5. The van der Waals surface area contributed by atoms with E-state index in [0.717, 1.165) is 20.7 Å². The molecule has 0 unspecified atom stereocenters. The van der Waals surface area contributed by atoms with E-state index in [2.05, 4.69) is 10.5 Å². The molecule has 0 saturated carbocycles. The van der Waals surface area contributed by atoms with Gasteiger partial charge in [-0.2, -0.15) is 5.10 Å². The van der Waals surface area contributed by atoms with E-state index < -0.39 is 0 Å². The molecule has 1 aromatic heterocycles. The van der Waals surface area contributed by atoms with Crippen LogP contribution in [-0.4, -0.2) is 6.21 Å². The van der Waals surface area contributed by atoms with Crippen LogP contribution in [0.1, 0.15) is 5.76 Å². The standard InChI is InChI=1S/C17H13ClN2OS/c18-13-6-9-16(10-7-13)22-17-11-8-15(21-17)12-19-20-14-4-2-1-3-5-14/h1-12,20H/b19-12-. The van der Waals surface area contributed by atoms with Gasteiger partial charge in [0.25, 0.3) is 0 Å². The van der Waals surface area contributed by atoms with Crippen LogP contribution < -0.4 is 5.43 Å². The van der Waals surface area contributed by atoms with E-state index in [-0.39, 0.29) is 0 Å². The van der Waals surface area contributed by atoms with Gasteiger partial charge in [0.15, 0.2) is 5.09 Å². The Morgan fingerprint density at radius 3 is 2.50 bits per heavy atom. The molecule has 1 N–H and O–H groups in total. The fraction of sp³-hybridized carbons (Fsp3) is 0. The lowest BCUT2D eigenvalue weighted by atomic mass is 10.3. The highest BCUT2D eigenvalue weighted by Gasteiger charge is 2.03. The fourth-order valence-corrected chi connectivity index (χ4v) is 2.66. The van der Waals surface area contributed by atoms with Crippen LogP contribution in [0.15, 0.2) is 86.2 Å². The van der Waals surface area contributed by atoms with Gasteiger partial charge in [-0.3, -0.25) is 5.43 Å². The molecule has 0 bridgehead atoms. The summed E-state index contributed by atoms with van der Waals surface area (Å²) in [5.41, 5.74) is 3.88. The third kappa shape index (κ3) is 4.16. The van der Waals surface area contributed by atoms with Crippen molar-refractivity contribution >= 4 is 35.3 Å². The Morgan fingerprint density at radius 2 is 1.73 bits per heavy atom. The summed E-state index contributed by atoms with van der Waals surface area (Å²) in [6, 6.07) is 21.2. The number of nitrogens with zero attached hydrogens (tertiary/aromatic N) is 1. The van der Waals surface area contributed by atoms with Crippen molar-refractivity contribution in [1.29, 1.82) is 0 Å². The summed E-state index contributed by atoms with van der Waals surface area (Å²) < 4.78 is 5.70. The number of hydrazone groups is 1. The Hall–Kier alpha value is -2.17. The number of anilines is 1. The number of rotatable bonds is 5. The minimum atomic E-state index is 0.694. The van der Waals surface area contributed by atoms with Crippen molar-refractivity contribution in [3.8, 4) is 0 Å². The number of halogens is 1. The van der Waals surface area contributed by atoms with Gasteiger partial charge in [-0.05, 0) is 48.5 Å². The van der Waals surface area contributed by atoms with Gasteiger partial charge >= 0.3 is 0 Å². The van der Waals surface area contributed by atoms with Crippen LogP contribution in [0.25, 0.3) is 0 Å². The first kappa shape index (κ1) is 14.8. The van der Waals surface area contributed by atoms with Crippen LogP contribution in [-0.2, 0) is 0 Å². The van der Waals surface area contributed by atoms with Crippen molar-refractivity contribution in [2.24, 2.45) is 5.10 Å². The summed E-state index contributed by atoms with van der Waals surface area (Å²) in [6.07, 6.45) is 1.65. The normalized spacial score (nSPS) is 11.0. The zero-order chi connectivity index (χ0) is 15.2. The predicted octanol–water partition coefficient (Wildman–Crippen LogP) is 5.53. The Bertz CT molecular complexity index is 754. The SMILES string of the molecule is Clc1ccc(Sc2ccc(/C=N\Nc3ccccc3)o2)cc1. The monoisotopic (exact) mass is 328 g/mol. The van der Waals surface area contributed by atoms with E-state index in [1.165, 1.54) is 11.8 Å². The van der Waals surface area contributed by atoms with Crippen LogP contribution in [0.2, 0.25) is 5.02 Å². The second kappa shape index (κ2) is 7.20. The summed E-state index contributed by atoms with van der Waals surface area (Å²) in [5.74, 6) is 0.694. The van der Waals surface area contributed by atoms with Gasteiger partial charge in [-0.1, -0.05) is 41.6 Å². The van der Waals surface area contributed by atoms with Gasteiger partial charge in [0.05, 0.1) is 11.9 Å². The number of hydrogen-bond donors (Lipinski definition) is 1. The molecule has 22 heavy (non-hydrogen) atoms. The molecule has 0 spiro atoms. The van der Waals surface area contributed by atoms with Crippen molar-refractivity contribution in [3.05, 3.63) is 77.5 Å². The number of benzene rings is 2. The van der Waals surface area contributed by atoms with Gasteiger partial charge in [0, 0.05) is 9.92 Å². The lowest BCUT2D eigenvalue weighted by Crippen LogP contribution is -1.88. The molecule has 2 aromatic carbocycles. The topological polar surface area (TPSA) is 37.5 Å². The number of nitrogens with one attached hydrogen (secondary N) is 1. The first-order valence-electron chi connectivity index (χ1n) is 6.67. The highest BCUT2D eigenvalue weighted by molar-refractivity contribution is 7.99. The zero-order valence-electron chi connectivity index (χ0n) is 11.6. The first-order chi connectivity index (χ1) is 10.8. The van der Waals surface area contributed by atoms with Gasteiger partial charge < -0.3 is 4.42 Å². The van der Waals surface area contributed by atoms with E-state index in [0.29, 0.717) is 5.76 Å². The van der Waals surface area contributed by atoms with E-state index >= 15 is 0 Å². The molecule has 0 radical (unpaired) electrons. The van der Waals surface area contributed by atoms with E-state index in [1.54, 1.807) is 6.21 Å². The molecule has 0 aliphatic heterocycles. The molecule has 0 aliphatic rings. The summed E-state index contributed by atoms with van der Waals surface area (Å²) in [4.78, 5) is 1.07. The van der Waals surface area contributed by atoms with E-state index in [4.69, 9.17) is 16.0 Å². The molecule has 0 aliphatic carbocycles. The van der Waals surface area contributed by atoms with E-state index in [9.17, 15) is 0 Å². The lowest BCUT2D eigenvalue weighted by molar-refractivity contribution is 0.469. The van der Waals surface area contributed by atoms with Crippen LogP contribution in [0.3, 0.4) is 0 Å². The summed E-state index contributed by atoms with van der Waals surface area (Å²) in [7, 11) is 0. The smallest absolute Gasteiger partial charge is 0.165 e. The number of hydrogen-bond acceptors (Lipinski definition) is 4. The highest BCUT2D eigenvalue weighted by Crippen LogP contribution is 2.29. The molecule has 3 rings (SSSR count). The predicted molar refractivity (Wildman–Crippen MR) is 91.9 cm³/mol. The Kier molecular flexibility index (Phi) is 4.83. The summed E-state index contributed by atoms with van der Waals surface area (Å²) >= 11 is 7.41. The largest absolute Gasteiger partial charge is 0.448 e. The third-order valence-corrected chi connectivity index (χ3v) is 3.97. The third-order valence-electron chi connectivity index (χ3n) is 2.79. The second-order valence-electron chi connectivity index (χ2n) is 4.45. The maximum absolute atomic E-state index is 5.87. The molecule has 110 valence electrons. The quantitative estimate of drug-likeness (QED) is 0.494. The molecule has 5 heteroatoms.